The fraction of sp³-hybridized carbons (Fsp3) is 0.333. The summed E-state index contributed by atoms with van der Waals surface area (Å²) in [7, 11) is -2.58. The number of amides is 2. The van der Waals surface area contributed by atoms with Crippen molar-refractivity contribution in [3.05, 3.63) is 90.0 Å². The molecule has 0 fully saturated rings. The molecule has 0 aliphatic rings. The smallest absolute Gasteiger partial charge is 0.264 e. The van der Waals surface area contributed by atoms with Gasteiger partial charge in [0.15, 0.2) is 0 Å². The summed E-state index contributed by atoms with van der Waals surface area (Å²) >= 11 is 0. The van der Waals surface area contributed by atoms with Crippen molar-refractivity contribution in [1.82, 2.24) is 10.2 Å². The normalized spacial score (nSPS) is 11.9. The van der Waals surface area contributed by atoms with Gasteiger partial charge in [-0.05, 0) is 67.3 Å². The number of sulfonamides is 1. The summed E-state index contributed by atoms with van der Waals surface area (Å²) in [4.78, 5) is 28.7. The summed E-state index contributed by atoms with van der Waals surface area (Å²) in [5.74, 6) is -0.183. The van der Waals surface area contributed by atoms with E-state index in [9.17, 15) is 18.0 Å². The van der Waals surface area contributed by atoms with Gasteiger partial charge in [-0.25, -0.2) is 8.42 Å². The molecule has 1 N–H and O–H groups in total. The predicted octanol–water partition coefficient (Wildman–Crippen LogP) is 4.53. The van der Waals surface area contributed by atoms with Crippen molar-refractivity contribution in [2.24, 2.45) is 0 Å². The van der Waals surface area contributed by atoms with E-state index in [1.54, 1.807) is 42.5 Å². The van der Waals surface area contributed by atoms with E-state index in [0.717, 1.165) is 21.9 Å². The molecule has 3 rings (SSSR count). The van der Waals surface area contributed by atoms with Crippen LogP contribution < -0.4 is 14.4 Å². The molecule has 0 aliphatic heterocycles. The van der Waals surface area contributed by atoms with Crippen LogP contribution in [-0.4, -0.2) is 51.4 Å². The minimum atomic E-state index is -4.11. The van der Waals surface area contributed by atoms with E-state index in [4.69, 9.17) is 4.74 Å². The molecule has 0 aliphatic carbocycles. The number of hydrogen-bond donors (Lipinski definition) is 1. The Bertz CT molecular complexity index is 1340. The van der Waals surface area contributed by atoms with E-state index < -0.39 is 28.5 Å². The molecular weight excluding hydrogens is 514 g/mol. The number of rotatable bonds is 13. The summed E-state index contributed by atoms with van der Waals surface area (Å²) in [5.41, 5.74) is 2.17. The van der Waals surface area contributed by atoms with Crippen LogP contribution in [0.3, 0.4) is 0 Å². The molecule has 0 saturated carbocycles. The number of methoxy groups -OCH3 is 1. The average molecular weight is 552 g/mol. The maximum absolute atomic E-state index is 14.0. The molecule has 3 aromatic rings. The van der Waals surface area contributed by atoms with E-state index in [2.05, 4.69) is 5.32 Å². The average Bonchev–Trinajstić information content (AvgIpc) is 2.96. The molecule has 0 heterocycles. The Morgan fingerprint density at radius 2 is 1.56 bits per heavy atom. The van der Waals surface area contributed by atoms with E-state index in [0.29, 0.717) is 24.4 Å². The van der Waals surface area contributed by atoms with Crippen molar-refractivity contribution < 1.29 is 22.7 Å². The highest BCUT2D eigenvalue weighted by Crippen LogP contribution is 2.27. The fourth-order valence-corrected chi connectivity index (χ4v) is 5.69. The standard InChI is InChI=1S/C30H37N3O5S/c1-5-20-31-30(35)28(6-2)32(21-24-13-11-10-12-23(24)3)29(34)22-33(25-16-18-26(38-4)19-17-25)39(36,37)27-14-8-7-9-15-27/h7-19,28H,5-6,20-22H2,1-4H3,(H,31,35)/t28-/m0/s1. The molecule has 0 radical (unpaired) electrons. The quantitative estimate of drug-likeness (QED) is 0.337. The van der Waals surface area contributed by atoms with Crippen LogP contribution in [0.25, 0.3) is 0 Å². The minimum Gasteiger partial charge on any atom is -0.497 e. The largest absolute Gasteiger partial charge is 0.497 e. The van der Waals surface area contributed by atoms with E-state index in [-0.39, 0.29) is 17.3 Å². The fourth-order valence-electron chi connectivity index (χ4n) is 4.25. The molecule has 8 nitrogen and oxygen atoms in total. The Labute approximate surface area is 231 Å². The Hall–Kier alpha value is -3.85. The predicted molar refractivity (Wildman–Crippen MR) is 153 cm³/mol. The first kappa shape index (κ1) is 29.7. The summed E-state index contributed by atoms with van der Waals surface area (Å²) in [6.07, 6.45) is 1.13. The summed E-state index contributed by atoms with van der Waals surface area (Å²) < 4.78 is 34.0. The van der Waals surface area contributed by atoms with Gasteiger partial charge in [-0.1, -0.05) is 56.3 Å². The molecule has 2 amide bonds. The third kappa shape index (κ3) is 7.38. The van der Waals surface area contributed by atoms with E-state index in [1.165, 1.54) is 24.1 Å². The molecule has 1 atom stereocenters. The molecule has 9 heteroatoms. The van der Waals surface area contributed by atoms with Crippen LogP contribution in [0.4, 0.5) is 5.69 Å². The van der Waals surface area contributed by atoms with Gasteiger partial charge >= 0.3 is 0 Å². The summed E-state index contributed by atoms with van der Waals surface area (Å²) in [6, 6.07) is 21.4. The lowest BCUT2D eigenvalue weighted by Crippen LogP contribution is -2.52. The number of hydrogen-bond acceptors (Lipinski definition) is 5. The number of ether oxygens (including phenoxy) is 1. The van der Waals surface area contributed by atoms with Gasteiger partial charge < -0.3 is 15.0 Å². The van der Waals surface area contributed by atoms with Crippen LogP contribution >= 0.6 is 0 Å². The zero-order valence-electron chi connectivity index (χ0n) is 23.0. The van der Waals surface area contributed by atoms with Crippen LogP contribution in [0, 0.1) is 6.92 Å². The maximum Gasteiger partial charge on any atom is 0.264 e. The van der Waals surface area contributed by atoms with Crippen molar-refractivity contribution in [2.75, 3.05) is 24.5 Å². The zero-order chi connectivity index (χ0) is 28.4. The molecular formula is C30H37N3O5S. The topological polar surface area (TPSA) is 96.0 Å². The minimum absolute atomic E-state index is 0.0619. The highest BCUT2D eigenvalue weighted by molar-refractivity contribution is 7.92. The highest BCUT2D eigenvalue weighted by atomic mass is 32.2. The molecule has 3 aromatic carbocycles. The third-order valence-corrected chi connectivity index (χ3v) is 8.30. The van der Waals surface area contributed by atoms with Gasteiger partial charge in [-0.15, -0.1) is 0 Å². The number of carbonyl (C=O) groups is 2. The Balaban J connectivity index is 2.05. The van der Waals surface area contributed by atoms with Gasteiger partial charge in [0.2, 0.25) is 11.8 Å². The van der Waals surface area contributed by atoms with Gasteiger partial charge in [-0.2, -0.15) is 0 Å². The second kappa shape index (κ2) is 13.8. The summed E-state index contributed by atoms with van der Waals surface area (Å²) in [6.45, 7) is 5.93. The lowest BCUT2D eigenvalue weighted by atomic mass is 10.1. The van der Waals surface area contributed by atoms with E-state index >= 15 is 0 Å². The highest BCUT2D eigenvalue weighted by Gasteiger charge is 2.33. The first-order chi connectivity index (χ1) is 18.7. The van der Waals surface area contributed by atoms with E-state index in [1.807, 2.05) is 45.0 Å². The molecule has 0 bridgehead atoms. The molecule has 0 saturated heterocycles. The molecule has 208 valence electrons. The molecule has 0 spiro atoms. The van der Waals surface area contributed by atoms with Crippen LogP contribution in [0.2, 0.25) is 0 Å². The van der Waals surface area contributed by atoms with Crippen molar-refractivity contribution in [2.45, 2.75) is 51.1 Å². The van der Waals surface area contributed by atoms with Crippen LogP contribution in [-0.2, 0) is 26.2 Å². The zero-order valence-corrected chi connectivity index (χ0v) is 23.8. The van der Waals surface area contributed by atoms with Gasteiger partial charge in [-0.3, -0.25) is 13.9 Å². The third-order valence-electron chi connectivity index (χ3n) is 6.51. The Kier molecular flexibility index (Phi) is 10.5. The number of benzene rings is 3. The number of anilines is 1. The first-order valence-electron chi connectivity index (χ1n) is 13.1. The second-order valence-electron chi connectivity index (χ2n) is 9.19. The number of nitrogens with zero attached hydrogens (tertiary/aromatic N) is 2. The maximum atomic E-state index is 14.0. The van der Waals surface area contributed by atoms with Crippen molar-refractivity contribution >= 4 is 27.5 Å². The van der Waals surface area contributed by atoms with Gasteiger partial charge in [0.1, 0.15) is 18.3 Å². The van der Waals surface area contributed by atoms with Gasteiger partial charge in [0, 0.05) is 13.1 Å². The van der Waals surface area contributed by atoms with Gasteiger partial charge in [0.25, 0.3) is 10.0 Å². The summed E-state index contributed by atoms with van der Waals surface area (Å²) in [5, 5.41) is 2.89. The van der Waals surface area contributed by atoms with Gasteiger partial charge in [0.05, 0.1) is 17.7 Å². The van der Waals surface area contributed by atoms with Crippen LogP contribution in [0.1, 0.15) is 37.8 Å². The van der Waals surface area contributed by atoms with Crippen molar-refractivity contribution in [3.63, 3.8) is 0 Å². The van der Waals surface area contributed by atoms with Crippen LogP contribution in [0.5, 0.6) is 5.75 Å². The number of carbonyl (C=O) groups excluding carboxylic acids is 2. The Morgan fingerprint density at radius 1 is 0.923 bits per heavy atom. The molecule has 39 heavy (non-hydrogen) atoms. The SMILES string of the molecule is CCCNC(=O)[C@H](CC)N(Cc1ccccc1C)C(=O)CN(c1ccc(OC)cc1)S(=O)(=O)c1ccccc1. The van der Waals surface area contributed by atoms with Crippen molar-refractivity contribution in [3.8, 4) is 5.75 Å². The molecule has 0 unspecified atom stereocenters. The lowest BCUT2D eigenvalue weighted by Gasteiger charge is -2.33. The van der Waals surface area contributed by atoms with Crippen LogP contribution in [0.15, 0.2) is 83.8 Å². The molecule has 0 aromatic heterocycles. The lowest BCUT2D eigenvalue weighted by molar-refractivity contribution is -0.140. The number of nitrogens with one attached hydrogen (secondary N) is 1. The first-order valence-corrected chi connectivity index (χ1v) is 14.5. The second-order valence-corrected chi connectivity index (χ2v) is 11.0. The monoisotopic (exact) mass is 551 g/mol. The number of aryl methyl sites for hydroxylation is 1. The Morgan fingerprint density at radius 3 is 2.15 bits per heavy atom. The van der Waals surface area contributed by atoms with Crippen molar-refractivity contribution in [1.29, 1.82) is 0 Å².